The molecule has 160 valence electrons. The van der Waals surface area contributed by atoms with E-state index < -0.39 is 0 Å². The first-order chi connectivity index (χ1) is 15.5. The number of aromatic nitrogens is 2. The summed E-state index contributed by atoms with van der Waals surface area (Å²) in [4.78, 5) is 9.43. The van der Waals surface area contributed by atoms with Gasteiger partial charge in [0.05, 0.1) is 27.6 Å². The first-order valence-corrected chi connectivity index (χ1v) is 11.9. The second kappa shape index (κ2) is 7.17. The number of fused-ring (bicyclic) bond motifs is 6. The summed E-state index contributed by atoms with van der Waals surface area (Å²) in [7, 11) is 0. The van der Waals surface area contributed by atoms with Crippen LogP contribution in [0.3, 0.4) is 0 Å². The molecule has 32 heavy (non-hydrogen) atoms. The minimum absolute atomic E-state index is 0.338. The zero-order valence-electron chi connectivity index (χ0n) is 18.6. The van der Waals surface area contributed by atoms with Crippen molar-refractivity contribution in [1.82, 2.24) is 9.97 Å². The number of hydrogen-bond acceptors (Lipinski definition) is 5. The monoisotopic (exact) mass is 440 g/mol. The number of rotatable bonds is 4. The first-order valence-electron chi connectivity index (χ1n) is 11.1. The van der Waals surface area contributed by atoms with Crippen molar-refractivity contribution in [2.75, 3.05) is 0 Å². The maximum absolute atomic E-state index is 6.07. The fourth-order valence-corrected chi connectivity index (χ4v) is 6.01. The van der Waals surface area contributed by atoms with Gasteiger partial charge in [0.15, 0.2) is 0 Å². The Hall–Kier alpha value is -3.18. The van der Waals surface area contributed by atoms with Gasteiger partial charge in [0.2, 0.25) is 0 Å². The van der Waals surface area contributed by atoms with Gasteiger partial charge in [-0.25, -0.2) is 9.97 Å². The van der Waals surface area contributed by atoms with Crippen molar-refractivity contribution in [2.45, 2.75) is 40.0 Å². The van der Waals surface area contributed by atoms with Crippen LogP contribution in [0.25, 0.3) is 53.7 Å². The Morgan fingerprint density at radius 1 is 0.969 bits per heavy atom. The van der Waals surface area contributed by atoms with Crippen LogP contribution in [0.1, 0.15) is 44.7 Å². The molecule has 6 aromatic rings. The van der Waals surface area contributed by atoms with Gasteiger partial charge in [-0.1, -0.05) is 45.9 Å². The maximum Gasteiger partial charge on any atom is 0.298 e. The van der Waals surface area contributed by atoms with Gasteiger partial charge in [0.1, 0.15) is 11.9 Å². The van der Waals surface area contributed by atoms with Gasteiger partial charge in [-0.05, 0) is 47.6 Å². The van der Waals surface area contributed by atoms with E-state index in [1.165, 1.54) is 21.2 Å². The van der Waals surface area contributed by atoms with Crippen LogP contribution < -0.4 is 0 Å². The Morgan fingerprint density at radius 3 is 2.66 bits per heavy atom. The van der Waals surface area contributed by atoms with Gasteiger partial charge < -0.3 is 8.83 Å². The topological polar surface area (TPSA) is 52.1 Å². The van der Waals surface area contributed by atoms with Gasteiger partial charge in [-0.15, -0.1) is 11.3 Å². The Kier molecular flexibility index (Phi) is 4.37. The molecule has 4 aromatic heterocycles. The van der Waals surface area contributed by atoms with Crippen LogP contribution in [0.2, 0.25) is 0 Å². The summed E-state index contributed by atoms with van der Waals surface area (Å²) in [6.45, 7) is 8.95. The molecule has 0 saturated heterocycles. The normalized spacial score (nSPS) is 12.4. The third kappa shape index (κ3) is 2.88. The van der Waals surface area contributed by atoms with E-state index in [0.717, 1.165) is 44.3 Å². The van der Waals surface area contributed by atoms with Crippen molar-refractivity contribution in [1.29, 1.82) is 0 Å². The lowest BCUT2D eigenvalue weighted by Crippen LogP contribution is -1.93. The van der Waals surface area contributed by atoms with Gasteiger partial charge in [-0.3, -0.25) is 0 Å². The van der Waals surface area contributed by atoms with Crippen LogP contribution in [-0.2, 0) is 6.42 Å². The summed E-state index contributed by atoms with van der Waals surface area (Å²) in [5.41, 5.74) is 6.52. The van der Waals surface area contributed by atoms with E-state index in [2.05, 4.69) is 63.0 Å². The molecule has 0 unspecified atom stereocenters. The van der Waals surface area contributed by atoms with Crippen molar-refractivity contribution >= 4 is 53.8 Å². The Balaban J connectivity index is 1.64. The average Bonchev–Trinajstić information content (AvgIpc) is 3.45. The van der Waals surface area contributed by atoms with E-state index in [-0.39, 0.29) is 0 Å². The molecule has 0 atom stereocenters. The molecule has 5 heteroatoms. The van der Waals surface area contributed by atoms with Crippen molar-refractivity contribution in [3.63, 3.8) is 0 Å². The van der Waals surface area contributed by atoms with E-state index in [9.17, 15) is 0 Å². The van der Waals surface area contributed by atoms with E-state index >= 15 is 0 Å². The molecule has 0 bridgehead atoms. The SMILES string of the molecule is CC(C)Cc1cccc2c1sc1c(-c3cc(C(C)C)c4c(c3)oc3occc34)ncnc12. The molecule has 2 aromatic carbocycles. The quantitative estimate of drug-likeness (QED) is 0.276. The second-order valence-corrected chi connectivity index (χ2v) is 10.2. The van der Waals surface area contributed by atoms with Gasteiger partial charge in [0.25, 0.3) is 5.78 Å². The molecule has 0 radical (unpaired) electrons. The number of nitrogens with zero attached hydrogens (tertiary/aromatic N) is 2. The largest absolute Gasteiger partial charge is 0.433 e. The molecule has 0 saturated carbocycles. The number of furan rings is 2. The molecule has 0 spiro atoms. The molecule has 0 aliphatic heterocycles. The van der Waals surface area contributed by atoms with Gasteiger partial charge in [-0.2, -0.15) is 0 Å². The number of thiophene rings is 1. The Labute approximate surface area is 189 Å². The minimum atomic E-state index is 0.338. The summed E-state index contributed by atoms with van der Waals surface area (Å²) < 4.78 is 14.1. The molecule has 0 aliphatic rings. The molecule has 4 nitrogen and oxygen atoms in total. The van der Waals surface area contributed by atoms with Crippen LogP contribution in [0.15, 0.2) is 57.8 Å². The molecule has 4 heterocycles. The Morgan fingerprint density at radius 2 is 1.84 bits per heavy atom. The maximum atomic E-state index is 6.07. The van der Waals surface area contributed by atoms with Crippen molar-refractivity contribution < 1.29 is 8.83 Å². The van der Waals surface area contributed by atoms with Crippen molar-refractivity contribution in [3.05, 3.63) is 60.1 Å². The predicted molar refractivity (Wildman–Crippen MR) is 133 cm³/mol. The zero-order valence-corrected chi connectivity index (χ0v) is 19.4. The number of benzene rings is 2. The van der Waals surface area contributed by atoms with Gasteiger partial charge in [0, 0.05) is 21.0 Å². The zero-order chi connectivity index (χ0) is 22.0. The molecule has 0 amide bonds. The molecule has 0 aliphatic carbocycles. The third-order valence-electron chi connectivity index (χ3n) is 6.12. The fraction of sp³-hybridized carbons (Fsp3) is 0.259. The summed E-state index contributed by atoms with van der Waals surface area (Å²) in [6.07, 6.45) is 4.43. The lowest BCUT2D eigenvalue weighted by atomic mass is 9.94. The molecule has 0 N–H and O–H groups in total. The van der Waals surface area contributed by atoms with Crippen LogP contribution in [0, 0.1) is 5.92 Å². The highest BCUT2D eigenvalue weighted by Crippen LogP contribution is 2.42. The van der Waals surface area contributed by atoms with Crippen LogP contribution >= 0.6 is 11.3 Å². The highest BCUT2D eigenvalue weighted by Gasteiger charge is 2.20. The smallest absolute Gasteiger partial charge is 0.298 e. The second-order valence-electron chi connectivity index (χ2n) is 9.21. The highest BCUT2D eigenvalue weighted by atomic mass is 32.1. The first kappa shape index (κ1) is 19.5. The highest BCUT2D eigenvalue weighted by molar-refractivity contribution is 7.26. The summed E-state index contributed by atoms with van der Waals surface area (Å²) in [5, 5.41) is 3.38. The van der Waals surface area contributed by atoms with Crippen LogP contribution in [-0.4, -0.2) is 9.97 Å². The lowest BCUT2D eigenvalue weighted by Gasteiger charge is -2.10. The van der Waals surface area contributed by atoms with E-state index in [1.807, 2.05) is 6.07 Å². The Bertz CT molecular complexity index is 1620. The summed E-state index contributed by atoms with van der Waals surface area (Å²) in [5.74, 6) is 1.52. The lowest BCUT2D eigenvalue weighted by molar-refractivity contribution is 0.499. The molecular weight excluding hydrogens is 416 g/mol. The van der Waals surface area contributed by atoms with Crippen molar-refractivity contribution in [3.8, 4) is 11.3 Å². The van der Waals surface area contributed by atoms with Gasteiger partial charge >= 0.3 is 0 Å². The molecular formula is C27H24N2O2S. The minimum Gasteiger partial charge on any atom is -0.433 e. The van der Waals surface area contributed by atoms with E-state index in [0.29, 0.717) is 17.6 Å². The van der Waals surface area contributed by atoms with E-state index in [4.69, 9.17) is 13.8 Å². The number of hydrogen-bond donors (Lipinski definition) is 0. The van der Waals surface area contributed by atoms with Crippen molar-refractivity contribution in [2.24, 2.45) is 5.92 Å². The third-order valence-corrected chi connectivity index (χ3v) is 7.39. The summed E-state index contributed by atoms with van der Waals surface area (Å²) >= 11 is 1.80. The van der Waals surface area contributed by atoms with Crippen LogP contribution in [0.4, 0.5) is 0 Å². The standard InChI is InChI=1S/C27H24N2O2S/c1-14(2)10-16-6-5-7-19-24-26(32-25(16)19)23(28-13-29-24)17-11-20(15(3)4)22-18-8-9-30-27(18)31-21(22)12-17/h5-9,11-15H,10H2,1-4H3. The molecule has 0 fully saturated rings. The average molecular weight is 441 g/mol. The van der Waals surface area contributed by atoms with E-state index in [1.54, 1.807) is 23.9 Å². The predicted octanol–water partition coefficient (Wildman–Crippen LogP) is 8.33. The fourth-order valence-electron chi connectivity index (χ4n) is 4.72. The molecule has 6 rings (SSSR count). The van der Waals surface area contributed by atoms with Crippen LogP contribution in [0.5, 0.6) is 0 Å². The summed E-state index contributed by atoms with van der Waals surface area (Å²) in [6, 6.07) is 12.9.